The van der Waals surface area contributed by atoms with Crippen molar-refractivity contribution in [3.63, 3.8) is 0 Å². The van der Waals surface area contributed by atoms with Crippen molar-refractivity contribution < 1.29 is 9.90 Å². The van der Waals surface area contributed by atoms with Gasteiger partial charge in [0.05, 0.1) is 29.1 Å². The predicted molar refractivity (Wildman–Crippen MR) is 129 cm³/mol. The highest BCUT2D eigenvalue weighted by Crippen LogP contribution is 2.33. The van der Waals surface area contributed by atoms with Gasteiger partial charge in [-0.2, -0.15) is 4.37 Å². The molecular formula is C22H23N9O2S. The molecular weight excluding hydrogens is 454 g/mol. The molecule has 34 heavy (non-hydrogen) atoms. The minimum atomic E-state index is -0.290. The first kappa shape index (κ1) is 21.9. The molecule has 0 amide bonds. The standard InChI is InChI=1S/C22H23N9O2S/c1-12-7-15(22(33)31-6-4-14-17(31)10-24-11-28-14)26-9-16(12)29-21-18(20(32)30-34-21)19(23)27-8-13-3-2-5-25-13/h4,6-7,9-11,13,25,29H,2-3,5,8H2,1H3,(H2,23,27)(H,30,32). The first-order chi connectivity index (χ1) is 16.5. The monoisotopic (exact) mass is 477 g/mol. The second kappa shape index (κ2) is 9.15. The van der Waals surface area contributed by atoms with E-state index in [1.54, 1.807) is 30.7 Å². The molecule has 0 aromatic carbocycles. The third-order valence-corrected chi connectivity index (χ3v) is 6.53. The van der Waals surface area contributed by atoms with Gasteiger partial charge in [0.2, 0.25) is 5.88 Å². The highest BCUT2D eigenvalue weighted by atomic mass is 32.1. The van der Waals surface area contributed by atoms with Gasteiger partial charge in [-0.3, -0.25) is 14.8 Å². The average molecular weight is 478 g/mol. The van der Waals surface area contributed by atoms with E-state index >= 15 is 0 Å². The second-order valence-corrected chi connectivity index (χ2v) is 8.83. The van der Waals surface area contributed by atoms with Crippen molar-refractivity contribution in [2.24, 2.45) is 0 Å². The summed E-state index contributed by atoms with van der Waals surface area (Å²) >= 11 is 1.06. The number of nitrogens with zero attached hydrogens (tertiary/aromatic N) is 5. The van der Waals surface area contributed by atoms with Crippen LogP contribution in [0.3, 0.4) is 0 Å². The summed E-state index contributed by atoms with van der Waals surface area (Å²) < 4.78 is 5.47. The Labute approximate surface area is 199 Å². The van der Waals surface area contributed by atoms with Gasteiger partial charge < -0.3 is 21.1 Å². The van der Waals surface area contributed by atoms with E-state index in [0.717, 1.165) is 36.5 Å². The van der Waals surface area contributed by atoms with Crippen LogP contribution in [0.5, 0.6) is 5.88 Å². The van der Waals surface area contributed by atoms with Gasteiger partial charge in [-0.25, -0.2) is 15.0 Å². The summed E-state index contributed by atoms with van der Waals surface area (Å²) in [5, 5.41) is 28.8. The van der Waals surface area contributed by atoms with Gasteiger partial charge in [-0.1, -0.05) is 0 Å². The molecule has 1 aliphatic heterocycles. The van der Waals surface area contributed by atoms with Crippen LogP contribution in [0.2, 0.25) is 0 Å². The van der Waals surface area contributed by atoms with E-state index in [0.29, 0.717) is 39.9 Å². The van der Waals surface area contributed by atoms with E-state index in [2.05, 4.69) is 35.3 Å². The van der Waals surface area contributed by atoms with Crippen LogP contribution in [0.15, 0.2) is 37.1 Å². The summed E-state index contributed by atoms with van der Waals surface area (Å²) in [6, 6.07) is 3.75. The lowest BCUT2D eigenvalue weighted by Crippen LogP contribution is -2.37. The van der Waals surface area contributed by atoms with Crippen molar-refractivity contribution in [1.82, 2.24) is 34.5 Å². The van der Waals surface area contributed by atoms with E-state index in [1.165, 1.54) is 10.9 Å². The van der Waals surface area contributed by atoms with E-state index in [9.17, 15) is 9.90 Å². The number of aromatic nitrogens is 5. The minimum Gasteiger partial charge on any atom is -0.492 e. The van der Waals surface area contributed by atoms with E-state index in [4.69, 9.17) is 5.41 Å². The minimum absolute atomic E-state index is 0.0987. The number of nitrogens with one attached hydrogen (secondary N) is 4. The SMILES string of the molecule is Cc1cc(C(=O)n2ccc3ncncc32)ncc1Nc1snc(O)c1C(=N)NCC1CCCN1. The number of rotatable bonds is 6. The average Bonchev–Trinajstić information content (AvgIpc) is 3.58. The van der Waals surface area contributed by atoms with Gasteiger partial charge in [0.15, 0.2) is 0 Å². The molecule has 4 aromatic rings. The van der Waals surface area contributed by atoms with E-state index in [1.807, 2.05) is 6.92 Å². The number of hydrogen-bond acceptors (Lipinski definition) is 10. The lowest BCUT2D eigenvalue weighted by atomic mass is 10.2. The van der Waals surface area contributed by atoms with Crippen molar-refractivity contribution in [1.29, 1.82) is 5.41 Å². The lowest BCUT2D eigenvalue weighted by molar-refractivity contribution is 0.0960. The van der Waals surface area contributed by atoms with Crippen molar-refractivity contribution in [3.8, 4) is 5.88 Å². The zero-order valence-corrected chi connectivity index (χ0v) is 19.2. The quantitative estimate of drug-likeness (QED) is 0.208. The third-order valence-electron chi connectivity index (χ3n) is 5.77. The van der Waals surface area contributed by atoms with E-state index < -0.39 is 0 Å². The van der Waals surface area contributed by atoms with Crippen LogP contribution in [0.1, 0.15) is 34.5 Å². The molecule has 5 N–H and O–H groups in total. The van der Waals surface area contributed by atoms with Gasteiger partial charge >= 0.3 is 0 Å². The molecule has 4 aromatic heterocycles. The Kier molecular flexibility index (Phi) is 5.90. The fraction of sp³-hybridized carbons (Fsp3) is 0.273. The fourth-order valence-electron chi connectivity index (χ4n) is 3.93. The lowest BCUT2D eigenvalue weighted by Gasteiger charge is -2.14. The summed E-state index contributed by atoms with van der Waals surface area (Å²) in [5.41, 5.74) is 3.29. The number of fused-ring (bicyclic) bond motifs is 1. The molecule has 11 nitrogen and oxygen atoms in total. The predicted octanol–water partition coefficient (Wildman–Crippen LogP) is 2.40. The van der Waals surface area contributed by atoms with Crippen molar-refractivity contribution in [2.45, 2.75) is 25.8 Å². The topological polar surface area (TPSA) is 154 Å². The van der Waals surface area contributed by atoms with Crippen molar-refractivity contribution in [3.05, 3.63) is 53.9 Å². The van der Waals surface area contributed by atoms with Crippen LogP contribution in [-0.2, 0) is 0 Å². The number of hydrogen-bond donors (Lipinski definition) is 5. The number of amidine groups is 1. The maximum Gasteiger partial charge on any atom is 0.281 e. The van der Waals surface area contributed by atoms with Gasteiger partial charge in [0.25, 0.3) is 5.91 Å². The number of aryl methyl sites for hydroxylation is 1. The Bertz CT molecular complexity index is 1370. The van der Waals surface area contributed by atoms with E-state index in [-0.39, 0.29) is 23.3 Å². The molecule has 1 saturated heterocycles. The Balaban J connectivity index is 1.34. The van der Waals surface area contributed by atoms with Crippen LogP contribution >= 0.6 is 11.5 Å². The molecule has 0 spiro atoms. The number of carbonyl (C=O) groups is 1. The van der Waals surface area contributed by atoms with Gasteiger partial charge in [-0.05, 0) is 55.5 Å². The van der Waals surface area contributed by atoms with Gasteiger partial charge in [0, 0.05) is 18.8 Å². The summed E-state index contributed by atoms with van der Waals surface area (Å²) in [5.74, 6) is -0.396. The first-order valence-electron chi connectivity index (χ1n) is 10.8. The zero-order valence-electron chi connectivity index (χ0n) is 18.4. The van der Waals surface area contributed by atoms with Gasteiger partial charge in [0.1, 0.15) is 28.4 Å². The first-order valence-corrected chi connectivity index (χ1v) is 11.6. The van der Waals surface area contributed by atoms with Crippen molar-refractivity contribution >= 4 is 45.0 Å². The summed E-state index contributed by atoms with van der Waals surface area (Å²) in [7, 11) is 0. The molecule has 1 aliphatic rings. The number of aromatic hydroxyl groups is 1. The van der Waals surface area contributed by atoms with Crippen LogP contribution in [0.4, 0.5) is 10.7 Å². The summed E-state index contributed by atoms with van der Waals surface area (Å²) in [4.78, 5) is 25.5. The van der Waals surface area contributed by atoms with Crippen LogP contribution < -0.4 is 16.0 Å². The Hall–Kier alpha value is -3.90. The number of anilines is 2. The van der Waals surface area contributed by atoms with Gasteiger partial charge in [-0.15, -0.1) is 0 Å². The maximum atomic E-state index is 13.0. The molecule has 12 heteroatoms. The van der Waals surface area contributed by atoms with Crippen LogP contribution in [-0.4, -0.2) is 59.9 Å². The Morgan fingerprint density at radius 2 is 2.26 bits per heavy atom. The zero-order chi connectivity index (χ0) is 23.7. The maximum absolute atomic E-state index is 13.0. The van der Waals surface area contributed by atoms with Crippen LogP contribution in [0, 0.1) is 12.3 Å². The molecule has 174 valence electrons. The molecule has 5 heterocycles. The molecule has 0 radical (unpaired) electrons. The molecule has 1 unspecified atom stereocenters. The molecule has 1 atom stereocenters. The summed E-state index contributed by atoms with van der Waals surface area (Å²) in [6.45, 7) is 3.44. The molecule has 5 rings (SSSR count). The Morgan fingerprint density at radius 1 is 1.38 bits per heavy atom. The smallest absolute Gasteiger partial charge is 0.281 e. The van der Waals surface area contributed by atoms with Crippen LogP contribution in [0.25, 0.3) is 11.0 Å². The molecule has 1 fully saturated rings. The molecule has 0 saturated carbocycles. The molecule has 0 bridgehead atoms. The highest BCUT2D eigenvalue weighted by Gasteiger charge is 2.21. The fourth-order valence-corrected chi connectivity index (χ4v) is 4.64. The highest BCUT2D eigenvalue weighted by molar-refractivity contribution is 7.11. The Morgan fingerprint density at radius 3 is 3.06 bits per heavy atom. The number of pyridine rings is 1. The second-order valence-electron chi connectivity index (χ2n) is 8.05. The van der Waals surface area contributed by atoms with Crippen molar-refractivity contribution in [2.75, 3.05) is 18.4 Å². The molecule has 0 aliphatic carbocycles. The summed E-state index contributed by atoms with van der Waals surface area (Å²) in [6.07, 6.45) is 8.42. The largest absolute Gasteiger partial charge is 0.492 e. The number of carbonyl (C=O) groups excluding carboxylic acids is 1. The normalized spacial score (nSPS) is 15.5. The third kappa shape index (κ3) is 4.20.